The van der Waals surface area contributed by atoms with Crippen LogP contribution in [0, 0.1) is 11.3 Å². The molecule has 0 unspecified atom stereocenters. The van der Waals surface area contributed by atoms with E-state index < -0.39 is 12.1 Å². The van der Waals surface area contributed by atoms with E-state index in [0.29, 0.717) is 46.6 Å². The highest BCUT2D eigenvalue weighted by Gasteiger charge is 2.46. The van der Waals surface area contributed by atoms with Crippen molar-refractivity contribution in [3.05, 3.63) is 82.4 Å². The van der Waals surface area contributed by atoms with Crippen molar-refractivity contribution in [2.45, 2.75) is 32.0 Å². The molecule has 0 bridgehead atoms. The van der Waals surface area contributed by atoms with Crippen LogP contribution in [0.25, 0.3) is 0 Å². The fourth-order valence-electron chi connectivity index (χ4n) is 4.86. The Morgan fingerprint density at radius 1 is 1.23 bits per heavy atom. The number of urea groups is 1. The van der Waals surface area contributed by atoms with Crippen molar-refractivity contribution in [1.82, 2.24) is 24.7 Å². The second-order valence-corrected chi connectivity index (χ2v) is 10.1. The summed E-state index contributed by atoms with van der Waals surface area (Å²) in [4.78, 5) is 39.4. The first-order valence-electron chi connectivity index (χ1n) is 12.6. The van der Waals surface area contributed by atoms with Crippen LogP contribution in [0.3, 0.4) is 0 Å². The summed E-state index contributed by atoms with van der Waals surface area (Å²) in [7, 11) is 1.87. The lowest BCUT2D eigenvalue weighted by molar-refractivity contribution is -0.123. The number of aryl methyl sites for hydroxylation is 1. The van der Waals surface area contributed by atoms with Crippen LogP contribution in [0.1, 0.15) is 48.4 Å². The van der Waals surface area contributed by atoms with Crippen LogP contribution in [0.4, 0.5) is 4.79 Å². The highest BCUT2D eigenvalue weighted by molar-refractivity contribution is 6.30. The number of benzene rings is 2. The normalized spacial score (nSPS) is 19.1. The van der Waals surface area contributed by atoms with E-state index in [4.69, 9.17) is 21.3 Å². The lowest BCUT2D eigenvalue weighted by atomic mass is 9.99. The summed E-state index contributed by atoms with van der Waals surface area (Å²) >= 11 is 6.19. The van der Waals surface area contributed by atoms with Crippen LogP contribution in [0.5, 0.6) is 5.75 Å². The molecular weight excluding hydrogens is 518 g/mol. The van der Waals surface area contributed by atoms with Crippen LogP contribution in [0.2, 0.25) is 5.02 Å². The Hall–Kier alpha value is -4.36. The van der Waals surface area contributed by atoms with E-state index in [1.54, 1.807) is 41.4 Å². The number of hydrogen-bond donors (Lipinski definition) is 1. The molecule has 2 aliphatic rings. The predicted molar refractivity (Wildman–Crippen MR) is 145 cm³/mol. The van der Waals surface area contributed by atoms with E-state index >= 15 is 0 Å². The number of aromatic nitrogens is 2. The molecular formula is C28H28ClN7O3. The van der Waals surface area contributed by atoms with E-state index in [9.17, 15) is 14.9 Å². The molecule has 10 nitrogen and oxygen atoms in total. The van der Waals surface area contributed by atoms with Crippen LogP contribution in [-0.2, 0) is 11.8 Å². The van der Waals surface area contributed by atoms with Gasteiger partial charge in [-0.25, -0.2) is 9.78 Å². The standard InChI is InChI=1S/C28H28ClN7O3/c1-17(2)39-22-14-18(15-30)4-9-21(22)26-33-24(19-5-7-20(29)8-6-19)25(27-32-10-12-34(27)3)36(26)28(38)35-13-11-31-23(37)16-35/h4-10,12,14,17,24-25H,11,13,16H2,1-3H3,(H,31,37)/t24-,25-/m0/s1. The molecule has 11 heteroatoms. The first-order chi connectivity index (χ1) is 18.8. The monoisotopic (exact) mass is 545 g/mol. The molecule has 200 valence electrons. The van der Waals surface area contributed by atoms with Gasteiger partial charge in [-0.3, -0.25) is 14.7 Å². The maximum Gasteiger partial charge on any atom is 0.326 e. The average molecular weight is 546 g/mol. The molecule has 3 heterocycles. The molecule has 0 radical (unpaired) electrons. The van der Waals surface area contributed by atoms with E-state index in [1.807, 2.05) is 43.8 Å². The number of aliphatic imine (C=N–C) groups is 1. The van der Waals surface area contributed by atoms with E-state index in [0.717, 1.165) is 5.56 Å². The SMILES string of the molecule is CC(C)Oc1cc(C#N)ccc1C1=N[C@@H](c2ccc(Cl)cc2)[C@@H](c2nccn2C)N1C(=O)N1CCNC(=O)C1. The zero-order valence-corrected chi connectivity index (χ0v) is 22.6. The number of ether oxygens (including phenoxy) is 1. The summed E-state index contributed by atoms with van der Waals surface area (Å²) in [5.41, 5.74) is 1.83. The summed E-state index contributed by atoms with van der Waals surface area (Å²) in [6.07, 6.45) is 3.31. The quantitative estimate of drug-likeness (QED) is 0.523. The van der Waals surface area contributed by atoms with Gasteiger partial charge >= 0.3 is 6.03 Å². The zero-order valence-electron chi connectivity index (χ0n) is 21.8. The third kappa shape index (κ3) is 5.18. The summed E-state index contributed by atoms with van der Waals surface area (Å²) in [5.74, 6) is 1.21. The molecule has 2 atom stereocenters. The van der Waals surface area contributed by atoms with Gasteiger partial charge in [0.1, 0.15) is 36.0 Å². The van der Waals surface area contributed by atoms with Gasteiger partial charge in [0, 0.05) is 37.6 Å². The smallest absolute Gasteiger partial charge is 0.326 e. The van der Waals surface area contributed by atoms with Gasteiger partial charge in [-0.05, 0) is 49.7 Å². The Kier molecular flexibility index (Phi) is 7.26. The first kappa shape index (κ1) is 26.3. The molecule has 1 fully saturated rings. The van der Waals surface area contributed by atoms with Gasteiger partial charge in [0.05, 0.1) is 23.3 Å². The second kappa shape index (κ2) is 10.8. The highest BCUT2D eigenvalue weighted by atomic mass is 35.5. The molecule has 1 N–H and O–H groups in total. The molecule has 5 rings (SSSR count). The Morgan fingerprint density at radius 2 is 2.00 bits per heavy atom. The van der Waals surface area contributed by atoms with Gasteiger partial charge in [0.15, 0.2) is 0 Å². The molecule has 0 spiro atoms. The Labute approximate surface area is 231 Å². The van der Waals surface area contributed by atoms with Crippen molar-refractivity contribution in [3.63, 3.8) is 0 Å². The topological polar surface area (TPSA) is 116 Å². The van der Waals surface area contributed by atoms with E-state index in [2.05, 4.69) is 16.4 Å². The summed E-state index contributed by atoms with van der Waals surface area (Å²) in [6, 6.07) is 13.1. The molecule has 39 heavy (non-hydrogen) atoms. The van der Waals surface area contributed by atoms with Gasteiger partial charge in [0.2, 0.25) is 5.91 Å². The predicted octanol–water partition coefficient (Wildman–Crippen LogP) is 3.83. The number of nitrogens with zero attached hydrogens (tertiary/aromatic N) is 6. The lowest BCUT2D eigenvalue weighted by Gasteiger charge is -2.35. The molecule has 3 aromatic rings. The third-order valence-corrected chi connectivity index (χ3v) is 6.88. The van der Waals surface area contributed by atoms with Gasteiger partial charge in [-0.2, -0.15) is 5.26 Å². The van der Waals surface area contributed by atoms with Gasteiger partial charge in [-0.15, -0.1) is 0 Å². The number of halogens is 1. The average Bonchev–Trinajstić information content (AvgIpc) is 3.51. The number of carbonyl (C=O) groups excluding carboxylic acids is 2. The van der Waals surface area contributed by atoms with Crippen LogP contribution >= 0.6 is 11.6 Å². The molecule has 0 saturated carbocycles. The minimum atomic E-state index is -0.624. The van der Waals surface area contributed by atoms with Crippen molar-refractivity contribution in [1.29, 1.82) is 5.26 Å². The van der Waals surface area contributed by atoms with Crippen LogP contribution in [0.15, 0.2) is 59.9 Å². The van der Waals surface area contributed by atoms with Crippen molar-refractivity contribution in [3.8, 4) is 11.8 Å². The van der Waals surface area contributed by atoms with Crippen LogP contribution in [-0.4, -0.2) is 62.9 Å². The molecule has 3 amide bonds. The fraction of sp³-hybridized carbons (Fsp3) is 0.321. The fourth-order valence-corrected chi connectivity index (χ4v) is 4.99. The minimum Gasteiger partial charge on any atom is -0.490 e. The number of carbonyl (C=O) groups is 2. The summed E-state index contributed by atoms with van der Waals surface area (Å²) in [6.45, 7) is 4.43. The highest BCUT2D eigenvalue weighted by Crippen LogP contribution is 2.44. The van der Waals surface area contributed by atoms with Gasteiger partial charge in [-0.1, -0.05) is 23.7 Å². The molecule has 2 aromatic carbocycles. The lowest BCUT2D eigenvalue weighted by Crippen LogP contribution is -2.55. The number of nitriles is 1. The first-order valence-corrected chi connectivity index (χ1v) is 13.0. The maximum atomic E-state index is 14.3. The van der Waals surface area contributed by atoms with Crippen molar-refractivity contribution >= 4 is 29.4 Å². The molecule has 1 aromatic heterocycles. The van der Waals surface area contributed by atoms with Crippen molar-refractivity contribution in [2.75, 3.05) is 19.6 Å². The van der Waals surface area contributed by atoms with Gasteiger partial charge in [0.25, 0.3) is 0 Å². The molecule has 1 saturated heterocycles. The number of hydrogen-bond acceptors (Lipinski definition) is 6. The number of imidazole rings is 1. The number of amides is 3. The Morgan fingerprint density at radius 3 is 2.64 bits per heavy atom. The van der Waals surface area contributed by atoms with Crippen molar-refractivity contribution in [2.24, 2.45) is 12.0 Å². The summed E-state index contributed by atoms with van der Waals surface area (Å²) < 4.78 is 7.97. The number of nitrogens with one attached hydrogen (secondary N) is 1. The number of rotatable bonds is 5. The third-order valence-electron chi connectivity index (χ3n) is 6.63. The maximum absolute atomic E-state index is 14.3. The van der Waals surface area contributed by atoms with E-state index in [1.165, 1.54) is 4.90 Å². The summed E-state index contributed by atoms with van der Waals surface area (Å²) in [5, 5.41) is 12.9. The molecule has 0 aliphatic carbocycles. The Bertz CT molecular complexity index is 1480. The molecule has 2 aliphatic heterocycles. The van der Waals surface area contributed by atoms with E-state index in [-0.39, 0.29) is 24.6 Å². The zero-order chi connectivity index (χ0) is 27.7. The minimum absolute atomic E-state index is 0.0652. The number of amidine groups is 1. The van der Waals surface area contributed by atoms with Crippen LogP contribution < -0.4 is 10.1 Å². The Balaban J connectivity index is 1.71. The van der Waals surface area contributed by atoms with Crippen molar-refractivity contribution < 1.29 is 14.3 Å². The largest absolute Gasteiger partial charge is 0.490 e. The number of piperazine rings is 1. The van der Waals surface area contributed by atoms with Gasteiger partial charge < -0.3 is 19.5 Å². The second-order valence-electron chi connectivity index (χ2n) is 9.70.